The third-order valence-corrected chi connectivity index (χ3v) is 8.07. The van der Waals surface area contributed by atoms with E-state index in [1.165, 1.54) is 22.2 Å². The number of halogens is 1. The van der Waals surface area contributed by atoms with Gasteiger partial charge in [-0.3, -0.25) is 4.79 Å². The minimum atomic E-state index is -0.0218. The zero-order valence-electron chi connectivity index (χ0n) is 17.3. The molecule has 0 saturated carbocycles. The predicted octanol–water partition coefficient (Wildman–Crippen LogP) is 5.33. The number of fused-ring (bicyclic) bond motifs is 3. The van der Waals surface area contributed by atoms with E-state index in [1.807, 2.05) is 24.3 Å². The number of thiophene rings is 1. The van der Waals surface area contributed by atoms with Crippen LogP contribution in [0.25, 0.3) is 21.6 Å². The largest absolute Gasteiger partial charge is 0.309 e. The Morgan fingerprint density at radius 1 is 1.29 bits per heavy atom. The van der Waals surface area contributed by atoms with Crippen molar-refractivity contribution in [2.24, 2.45) is 5.92 Å². The Morgan fingerprint density at radius 3 is 2.87 bits per heavy atom. The van der Waals surface area contributed by atoms with Gasteiger partial charge in [0, 0.05) is 22.0 Å². The summed E-state index contributed by atoms with van der Waals surface area (Å²) >= 11 is 9.22. The molecule has 1 aromatic carbocycles. The summed E-state index contributed by atoms with van der Waals surface area (Å²) in [5.74, 6) is 2.68. The fraction of sp³-hybridized carbons (Fsp3) is 0.364. The van der Waals surface area contributed by atoms with Crippen LogP contribution in [0.5, 0.6) is 0 Å². The molecule has 6 nitrogen and oxygen atoms in total. The summed E-state index contributed by atoms with van der Waals surface area (Å²) in [5, 5.41) is 11.0. The third kappa shape index (κ3) is 3.92. The highest BCUT2D eigenvalue weighted by Crippen LogP contribution is 2.36. The molecule has 5 rings (SSSR count). The van der Waals surface area contributed by atoms with Crippen molar-refractivity contribution in [3.63, 3.8) is 0 Å². The van der Waals surface area contributed by atoms with Gasteiger partial charge in [-0.2, -0.15) is 0 Å². The topological polar surface area (TPSA) is 76.5 Å². The molecule has 1 N–H and O–H groups in total. The zero-order chi connectivity index (χ0) is 21.5. The van der Waals surface area contributed by atoms with Crippen molar-refractivity contribution in [1.29, 1.82) is 0 Å². The fourth-order valence-corrected chi connectivity index (χ4v) is 6.49. The maximum Gasteiger partial charge on any atom is 0.259 e. The van der Waals surface area contributed by atoms with Gasteiger partial charge in [0.15, 0.2) is 11.0 Å². The summed E-state index contributed by atoms with van der Waals surface area (Å²) in [5.41, 5.74) is 2.16. The van der Waals surface area contributed by atoms with E-state index in [0.29, 0.717) is 22.5 Å². The van der Waals surface area contributed by atoms with Crippen LogP contribution in [0, 0.1) is 5.92 Å². The minimum absolute atomic E-state index is 0.0218. The molecule has 0 spiro atoms. The number of hydrogen-bond donors (Lipinski definition) is 1. The number of nitrogens with zero attached hydrogens (tertiary/aromatic N) is 4. The molecule has 1 unspecified atom stereocenters. The van der Waals surface area contributed by atoms with Crippen LogP contribution in [0.1, 0.15) is 36.5 Å². The first-order valence-electron chi connectivity index (χ1n) is 10.4. The third-order valence-electron chi connectivity index (χ3n) is 5.69. The Morgan fingerprint density at radius 2 is 2.10 bits per heavy atom. The molecular formula is C22H22ClN5OS2. The lowest BCUT2D eigenvalue weighted by Gasteiger charge is -2.17. The van der Waals surface area contributed by atoms with Crippen LogP contribution >= 0.6 is 34.7 Å². The fourth-order valence-electron chi connectivity index (χ4n) is 4.09. The maximum absolute atomic E-state index is 12.8. The Balaban J connectivity index is 1.41. The van der Waals surface area contributed by atoms with Crippen LogP contribution in [0.15, 0.2) is 34.2 Å². The summed E-state index contributed by atoms with van der Waals surface area (Å²) < 4.78 is 2.07. The van der Waals surface area contributed by atoms with E-state index in [-0.39, 0.29) is 5.56 Å². The van der Waals surface area contributed by atoms with Crippen LogP contribution < -0.4 is 5.56 Å². The highest BCUT2D eigenvalue weighted by molar-refractivity contribution is 7.98. The van der Waals surface area contributed by atoms with Crippen molar-refractivity contribution in [1.82, 2.24) is 24.7 Å². The van der Waals surface area contributed by atoms with E-state index in [0.717, 1.165) is 52.6 Å². The molecule has 160 valence electrons. The number of thioether (sulfide) groups is 1. The number of benzene rings is 1. The van der Waals surface area contributed by atoms with Crippen molar-refractivity contribution in [3.05, 3.63) is 55.9 Å². The van der Waals surface area contributed by atoms with Gasteiger partial charge < -0.3 is 9.55 Å². The van der Waals surface area contributed by atoms with E-state index in [9.17, 15) is 4.79 Å². The normalized spacial score (nSPS) is 16.0. The highest BCUT2D eigenvalue weighted by Gasteiger charge is 2.23. The molecule has 0 amide bonds. The second kappa shape index (κ2) is 8.41. The van der Waals surface area contributed by atoms with Gasteiger partial charge in [0.2, 0.25) is 0 Å². The highest BCUT2D eigenvalue weighted by atomic mass is 35.5. The van der Waals surface area contributed by atoms with Crippen LogP contribution in [-0.4, -0.2) is 24.7 Å². The Labute approximate surface area is 193 Å². The Kier molecular flexibility index (Phi) is 5.62. The molecule has 1 aliphatic carbocycles. The van der Waals surface area contributed by atoms with Gasteiger partial charge in [0.25, 0.3) is 5.56 Å². The first-order valence-corrected chi connectivity index (χ1v) is 12.6. The van der Waals surface area contributed by atoms with Gasteiger partial charge in [0.05, 0.1) is 11.1 Å². The molecule has 0 saturated heterocycles. The van der Waals surface area contributed by atoms with Gasteiger partial charge in [-0.05, 0) is 61.9 Å². The second-order valence-corrected chi connectivity index (χ2v) is 10.4. The first kappa shape index (κ1) is 20.7. The lowest BCUT2D eigenvalue weighted by Crippen LogP contribution is -2.14. The lowest BCUT2D eigenvalue weighted by atomic mass is 9.89. The smallest absolute Gasteiger partial charge is 0.259 e. The van der Waals surface area contributed by atoms with Crippen molar-refractivity contribution in [2.75, 3.05) is 0 Å². The van der Waals surface area contributed by atoms with E-state index in [2.05, 4.69) is 33.6 Å². The van der Waals surface area contributed by atoms with E-state index >= 15 is 0 Å². The second-order valence-electron chi connectivity index (χ2n) is 7.89. The monoisotopic (exact) mass is 471 g/mol. The van der Waals surface area contributed by atoms with E-state index < -0.39 is 0 Å². The molecule has 1 atom stereocenters. The van der Waals surface area contributed by atoms with Gasteiger partial charge >= 0.3 is 0 Å². The van der Waals surface area contributed by atoms with Gasteiger partial charge in [-0.1, -0.05) is 30.3 Å². The standard InChI is InChI=1S/C22H22ClN5OS2/c1-3-28-19(13-5-7-14(23)8-6-13)26-27-22(28)30-11-17-24-20(29)18-15-9-4-12(2)10-16(15)31-21(18)25-17/h5-8,12H,3-4,9-11H2,1-2H3,(H,24,25,29). The number of aromatic amines is 1. The van der Waals surface area contributed by atoms with Gasteiger partial charge in [-0.15, -0.1) is 21.5 Å². The summed E-state index contributed by atoms with van der Waals surface area (Å²) in [6.45, 7) is 5.08. The molecule has 31 heavy (non-hydrogen) atoms. The SMILES string of the molecule is CCn1c(SCc2nc3sc4c(c3c(=O)[nH]2)CCC(C)C4)nnc1-c1ccc(Cl)cc1. The van der Waals surface area contributed by atoms with Gasteiger partial charge in [0.1, 0.15) is 10.7 Å². The quantitative estimate of drug-likeness (QED) is 0.398. The number of nitrogens with one attached hydrogen (secondary N) is 1. The lowest BCUT2D eigenvalue weighted by molar-refractivity contribution is 0.509. The average molecular weight is 472 g/mol. The molecule has 3 aromatic heterocycles. The maximum atomic E-state index is 12.8. The molecule has 4 aromatic rings. The molecular weight excluding hydrogens is 450 g/mol. The Hall–Kier alpha value is -2.16. The Bertz CT molecular complexity index is 1310. The summed E-state index contributed by atoms with van der Waals surface area (Å²) in [4.78, 5) is 22.8. The number of aromatic nitrogens is 5. The summed E-state index contributed by atoms with van der Waals surface area (Å²) in [6, 6.07) is 7.59. The van der Waals surface area contributed by atoms with Crippen molar-refractivity contribution in [3.8, 4) is 11.4 Å². The number of aryl methyl sites for hydroxylation is 1. The van der Waals surface area contributed by atoms with Crippen LogP contribution in [0.2, 0.25) is 5.02 Å². The number of H-pyrrole nitrogens is 1. The molecule has 0 radical (unpaired) electrons. The number of rotatable bonds is 5. The van der Waals surface area contributed by atoms with Crippen LogP contribution in [0.4, 0.5) is 0 Å². The van der Waals surface area contributed by atoms with Crippen LogP contribution in [0.3, 0.4) is 0 Å². The van der Waals surface area contributed by atoms with Gasteiger partial charge in [-0.25, -0.2) is 4.98 Å². The number of hydrogen-bond acceptors (Lipinski definition) is 6. The van der Waals surface area contributed by atoms with E-state index in [4.69, 9.17) is 16.6 Å². The molecule has 3 heterocycles. The summed E-state index contributed by atoms with van der Waals surface area (Å²) in [7, 11) is 0. The van der Waals surface area contributed by atoms with Crippen molar-refractivity contribution < 1.29 is 0 Å². The molecule has 0 aliphatic heterocycles. The minimum Gasteiger partial charge on any atom is -0.309 e. The molecule has 9 heteroatoms. The molecule has 0 bridgehead atoms. The average Bonchev–Trinajstić information content (AvgIpc) is 3.33. The van der Waals surface area contributed by atoms with E-state index in [1.54, 1.807) is 11.3 Å². The first-order chi connectivity index (χ1) is 15.0. The molecule has 0 fully saturated rings. The summed E-state index contributed by atoms with van der Waals surface area (Å²) in [6.07, 6.45) is 3.16. The zero-order valence-corrected chi connectivity index (χ0v) is 19.7. The van der Waals surface area contributed by atoms with Crippen molar-refractivity contribution >= 4 is 44.9 Å². The van der Waals surface area contributed by atoms with Crippen molar-refractivity contribution in [2.45, 2.75) is 50.6 Å². The van der Waals surface area contributed by atoms with Crippen LogP contribution in [-0.2, 0) is 25.1 Å². The molecule has 1 aliphatic rings. The predicted molar refractivity (Wildman–Crippen MR) is 127 cm³/mol.